The van der Waals surface area contributed by atoms with Gasteiger partial charge in [0, 0.05) is 19.5 Å². The average molecular weight is 289 g/mol. The molecule has 1 heterocycles. The highest BCUT2D eigenvalue weighted by molar-refractivity contribution is 5.76. The van der Waals surface area contributed by atoms with Gasteiger partial charge in [0.2, 0.25) is 5.91 Å². The van der Waals surface area contributed by atoms with Crippen molar-refractivity contribution in [2.45, 2.75) is 52.1 Å². The fraction of sp³-hybridized carbons (Fsp3) is 0.611. The molecule has 1 atom stereocenters. The molecule has 1 aromatic carbocycles. The van der Waals surface area contributed by atoms with Gasteiger partial charge in [-0.05, 0) is 49.7 Å². The maximum atomic E-state index is 12.2. The summed E-state index contributed by atoms with van der Waals surface area (Å²) >= 11 is 0. The van der Waals surface area contributed by atoms with Gasteiger partial charge in [-0.3, -0.25) is 4.79 Å². The van der Waals surface area contributed by atoms with Crippen LogP contribution in [-0.4, -0.2) is 35.1 Å². The minimum atomic E-state index is -0.251. The molecule has 0 spiro atoms. The third-order valence-corrected chi connectivity index (χ3v) is 4.63. The Balaban J connectivity index is 1.77. The zero-order chi connectivity index (χ0) is 15.2. The summed E-state index contributed by atoms with van der Waals surface area (Å²) in [5, 5.41) is 9.59. The number of hydrogen-bond acceptors (Lipinski definition) is 2. The lowest BCUT2D eigenvalue weighted by atomic mass is 9.92. The lowest BCUT2D eigenvalue weighted by Crippen LogP contribution is -2.40. The number of piperidine rings is 1. The smallest absolute Gasteiger partial charge is 0.222 e. The number of likely N-dealkylation sites (tertiary alicyclic amines) is 1. The van der Waals surface area contributed by atoms with E-state index >= 15 is 0 Å². The molecule has 1 aliphatic rings. The van der Waals surface area contributed by atoms with Crippen molar-refractivity contribution in [1.29, 1.82) is 0 Å². The Morgan fingerprint density at radius 3 is 2.33 bits per heavy atom. The number of aryl methyl sites for hydroxylation is 2. The van der Waals surface area contributed by atoms with E-state index in [1.165, 1.54) is 11.1 Å². The predicted octanol–water partition coefficient (Wildman–Crippen LogP) is 2.80. The van der Waals surface area contributed by atoms with Crippen LogP contribution in [0.4, 0.5) is 0 Å². The minimum Gasteiger partial charge on any atom is -0.393 e. The van der Waals surface area contributed by atoms with Crippen molar-refractivity contribution in [2.24, 2.45) is 5.92 Å². The molecule has 1 aromatic rings. The van der Waals surface area contributed by atoms with E-state index in [4.69, 9.17) is 0 Å². The van der Waals surface area contributed by atoms with Gasteiger partial charge in [-0.15, -0.1) is 0 Å². The van der Waals surface area contributed by atoms with Crippen LogP contribution in [0.2, 0.25) is 0 Å². The van der Waals surface area contributed by atoms with Crippen LogP contribution in [0.3, 0.4) is 0 Å². The summed E-state index contributed by atoms with van der Waals surface area (Å²) in [5.74, 6) is 0.606. The molecule has 1 fully saturated rings. The molecule has 3 nitrogen and oxygen atoms in total. The molecule has 21 heavy (non-hydrogen) atoms. The van der Waals surface area contributed by atoms with Crippen LogP contribution in [0, 0.1) is 5.92 Å². The van der Waals surface area contributed by atoms with Crippen LogP contribution in [0.1, 0.15) is 44.2 Å². The normalized spacial score (nSPS) is 17.8. The van der Waals surface area contributed by atoms with Crippen LogP contribution in [0.5, 0.6) is 0 Å². The molecule has 1 amide bonds. The fourth-order valence-corrected chi connectivity index (χ4v) is 2.98. The van der Waals surface area contributed by atoms with E-state index < -0.39 is 0 Å². The van der Waals surface area contributed by atoms with Gasteiger partial charge in [0.1, 0.15) is 0 Å². The monoisotopic (exact) mass is 289 g/mol. The van der Waals surface area contributed by atoms with Crippen molar-refractivity contribution in [1.82, 2.24) is 4.90 Å². The standard InChI is InChI=1S/C18H27NO2/c1-3-15-4-6-16(7-5-15)8-9-18(21)19-12-10-17(11-13-19)14(2)20/h4-7,14,17,20H,3,8-13H2,1-2H3. The topological polar surface area (TPSA) is 40.5 Å². The Kier molecular flexibility index (Phi) is 5.80. The summed E-state index contributed by atoms with van der Waals surface area (Å²) < 4.78 is 0. The highest BCUT2D eigenvalue weighted by Gasteiger charge is 2.24. The SMILES string of the molecule is CCc1ccc(CCC(=O)N2CCC(C(C)O)CC2)cc1. The second kappa shape index (κ2) is 7.60. The van der Waals surface area contributed by atoms with E-state index in [1.807, 2.05) is 11.8 Å². The van der Waals surface area contributed by atoms with E-state index in [2.05, 4.69) is 31.2 Å². The predicted molar refractivity (Wildman–Crippen MR) is 85.1 cm³/mol. The maximum Gasteiger partial charge on any atom is 0.222 e. The van der Waals surface area contributed by atoms with Gasteiger partial charge in [-0.1, -0.05) is 31.2 Å². The molecule has 0 aromatic heterocycles. The number of carbonyl (C=O) groups is 1. The maximum absolute atomic E-state index is 12.2. The fourth-order valence-electron chi connectivity index (χ4n) is 2.98. The number of rotatable bonds is 5. The first kappa shape index (κ1) is 16.0. The number of aliphatic hydroxyl groups is 1. The molecule has 1 unspecified atom stereocenters. The van der Waals surface area contributed by atoms with Gasteiger partial charge in [-0.25, -0.2) is 0 Å². The van der Waals surface area contributed by atoms with E-state index in [0.29, 0.717) is 12.3 Å². The summed E-state index contributed by atoms with van der Waals surface area (Å²) in [6.45, 7) is 5.59. The average Bonchev–Trinajstić information content (AvgIpc) is 2.53. The number of nitrogens with zero attached hydrogens (tertiary/aromatic N) is 1. The Labute approximate surface area is 128 Å². The highest BCUT2D eigenvalue weighted by atomic mass is 16.3. The number of hydrogen-bond donors (Lipinski definition) is 1. The van der Waals surface area contributed by atoms with Gasteiger partial charge in [-0.2, -0.15) is 0 Å². The quantitative estimate of drug-likeness (QED) is 0.905. The third kappa shape index (κ3) is 4.57. The number of carbonyl (C=O) groups excluding carboxylic acids is 1. The van der Waals surface area contributed by atoms with Gasteiger partial charge in [0.25, 0.3) is 0 Å². The molecule has 1 aliphatic heterocycles. The van der Waals surface area contributed by atoms with Crippen LogP contribution >= 0.6 is 0 Å². The minimum absolute atomic E-state index is 0.249. The first-order valence-electron chi connectivity index (χ1n) is 8.13. The lowest BCUT2D eigenvalue weighted by Gasteiger charge is -2.33. The summed E-state index contributed by atoms with van der Waals surface area (Å²) in [6, 6.07) is 8.56. The second-order valence-electron chi connectivity index (χ2n) is 6.13. The van der Waals surface area contributed by atoms with Crippen molar-refractivity contribution in [2.75, 3.05) is 13.1 Å². The Morgan fingerprint density at radius 2 is 1.81 bits per heavy atom. The molecule has 0 radical (unpaired) electrons. The van der Waals surface area contributed by atoms with Crippen LogP contribution in [0.15, 0.2) is 24.3 Å². The largest absolute Gasteiger partial charge is 0.393 e. The van der Waals surface area contributed by atoms with Gasteiger partial charge < -0.3 is 10.0 Å². The molecule has 0 saturated carbocycles. The summed E-state index contributed by atoms with van der Waals surface area (Å²) in [4.78, 5) is 14.2. The summed E-state index contributed by atoms with van der Waals surface area (Å²) in [5.41, 5.74) is 2.57. The third-order valence-electron chi connectivity index (χ3n) is 4.63. The van der Waals surface area contributed by atoms with Crippen LogP contribution in [-0.2, 0) is 17.6 Å². The molecule has 116 valence electrons. The number of benzene rings is 1. The molecule has 3 heteroatoms. The first-order chi connectivity index (χ1) is 10.1. The van der Waals surface area contributed by atoms with Gasteiger partial charge >= 0.3 is 0 Å². The van der Waals surface area contributed by atoms with Crippen LogP contribution < -0.4 is 0 Å². The van der Waals surface area contributed by atoms with E-state index in [0.717, 1.165) is 38.8 Å². The Bertz CT molecular complexity index is 445. The van der Waals surface area contributed by atoms with E-state index in [-0.39, 0.29) is 12.0 Å². The van der Waals surface area contributed by atoms with Crippen molar-refractivity contribution in [3.05, 3.63) is 35.4 Å². The zero-order valence-electron chi connectivity index (χ0n) is 13.2. The Hall–Kier alpha value is -1.35. The number of amides is 1. The van der Waals surface area contributed by atoms with Crippen LogP contribution in [0.25, 0.3) is 0 Å². The number of aliphatic hydroxyl groups excluding tert-OH is 1. The molecule has 1 N–H and O–H groups in total. The highest BCUT2D eigenvalue weighted by Crippen LogP contribution is 2.21. The summed E-state index contributed by atoms with van der Waals surface area (Å²) in [7, 11) is 0. The second-order valence-corrected chi connectivity index (χ2v) is 6.13. The van der Waals surface area contributed by atoms with Gasteiger partial charge in [0.05, 0.1) is 6.10 Å². The van der Waals surface area contributed by atoms with Crippen molar-refractivity contribution < 1.29 is 9.90 Å². The van der Waals surface area contributed by atoms with Gasteiger partial charge in [0.15, 0.2) is 0 Å². The van der Waals surface area contributed by atoms with Crippen molar-refractivity contribution in [3.63, 3.8) is 0 Å². The molecule has 2 rings (SSSR count). The molecule has 1 saturated heterocycles. The van der Waals surface area contributed by atoms with Crippen molar-refractivity contribution in [3.8, 4) is 0 Å². The zero-order valence-corrected chi connectivity index (χ0v) is 13.2. The van der Waals surface area contributed by atoms with E-state index in [1.54, 1.807) is 0 Å². The molecular formula is C18H27NO2. The van der Waals surface area contributed by atoms with Crippen molar-refractivity contribution >= 4 is 5.91 Å². The lowest BCUT2D eigenvalue weighted by molar-refractivity contribution is -0.133. The summed E-state index contributed by atoms with van der Waals surface area (Å²) in [6.07, 6.45) is 4.06. The molecule has 0 aliphatic carbocycles. The Morgan fingerprint density at radius 1 is 1.24 bits per heavy atom. The molecular weight excluding hydrogens is 262 g/mol. The molecule has 0 bridgehead atoms. The first-order valence-corrected chi connectivity index (χ1v) is 8.13. The van der Waals surface area contributed by atoms with E-state index in [9.17, 15) is 9.90 Å².